The zero-order valence-corrected chi connectivity index (χ0v) is 32.8. The number of nitrogens with zero attached hydrogens (tertiary/aromatic N) is 2. The van der Waals surface area contributed by atoms with Gasteiger partial charge in [0, 0.05) is 54.5 Å². The first kappa shape index (κ1) is 44.2. The van der Waals surface area contributed by atoms with Gasteiger partial charge in [-0.2, -0.15) is 0 Å². The summed E-state index contributed by atoms with van der Waals surface area (Å²) < 4.78 is 0. The SMILES string of the molecule is NC(=O)[C@@H]1CSSCCC(=O)NC(CCCCN=C(N)N)C(=O)NCC(=O)NC(CC(=O)O)C(=O)N[C@@H](Cc2c[nH]c3ccccc23)C(=O)N2CCC[C@H]2C(=O)N1. The van der Waals surface area contributed by atoms with Crippen LogP contribution < -0.4 is 43.8 Å². The number of carboxylic acid groups (broad SMARTS) is 1. The number of H-pyrrole nitrogens is 1. The Balaban J connectivity index is 1.61. The van der Waals surface area contributed by atoms with E-state index in [0.29, 0.717) is 24.8 Å². The number of nitrogens with two attached hydrogens (primary N) is 3. The van der Waals surface area contributed by atoms with E-state index in [1.807, 2.05) is 18.2 Å². The number of unbranched alkanes of at least 4 members (excludes halogenated alkanes) is 1. The number of rotatable bonds is 10. The van der Waals surface area contributed by atoms with Gasteiger partial charge in [-0.25, -0.2) is 0 Å². The fraction of sp³-hybridized carbons (Fsp3) is 0.514. The maximum Gasteiger partial charge on any atom is 0.305 e. The monoisotopic (exact) mass is 831 g/mol. The maximum atomic E-state index is 14.3. The molecule has 2 aliphatic rings. The van der Waals surface area contributed by atoms with Gasteiger partial charge in [-0.3, -0.25) is 43.3 Å². The van der Waals surface area contributed by atoms with Crippen LogP contribution in [0.1, 0.15) is 50.5 Å². The number of guanidine groups is 1. The number of hydrogen-bond donors (Lipinski definition) is 10. The molecule has 2 fully saturated rings. The Hall–Kier alpha value is -5.51. The zero-order chi connectivity index (χ0) is 41.5. The lowest BCUT2D eigenvalue weighted by molar-refractivity contribution is -0.143. The predicted octanol–water partition coefficient (Wildman–Crippen LogP) is -2.05. The van der Waals surface area contributed by atoms with Gasteiger partial charge >= 0.3 is 5.97 Å². The van der Waals surface area contributed by atoms with Crippen LogP contribution in [-0.4, -0.2) is 130 Å². The van der Waals surface area contributed by atoms with Gasteiger partial charge in [-0.1, -0.05) is 39.8 Å². The minimum atomic E-state index is -1.68. The third-order valence-corrected chi connectivity index (χ3v) is 11.7. The first-order valence-corrected chi connectivity index (χ1v) is 20.9. The van der Waals surface area contributed by atoms with E-state index < -0.39 is 90.5 Å². The van der Waals surface area contributed by atoms with E-state index in [-0.39, 0.29) is 56.2 Å². The highest BCUT2D eigenvalue weighted by molar-refractivity contribution is 8.76. The Labute approximate surface area is 335 Å². The molecule has 0 saturated carbocycles. The molecule has 0 bridgehead atoms. The molecule has 2 aliphatic heterocycles. The van der Waals surface area contributed by atoms with E-state index in [1.54, 1.807) is 12.3 Å². The molecule has 2 saturated heterocycles. The molecule has 5 atom stereocenters. The fourth-order valence-corrected chi connectivity index (χ4v) is 8.56. The van der Waals surface area contributed by atoms with Crippen LogP contribution in [0.15, 0.2) is 35.5 Å². The van der Waals surface area contributed by atoms with Crippen LogP contribution in [-0.2, 0) is 44.8 Å². The maximum absolute atomic E-state index is 14.3. The van der Waals surface area contributed by atoms with Gasteiger partial charge in [-0.05, 0) is 43.7 Å². The van der Waals surface area contributed by atoms with E-state index in [4.69, 9.17) is 17.2 Å². The van der Waals surface area contributed by atoms with Crippen molar-refractivity contribution in [2.75, 3.05) is 31.1 Å². The number of nitrogens with one attached hydrogen (secondary N) is 6. The molecule has 57 heavy (non-hydrogen) atoms. The quantitative estimate of drug-likeness (QED) is 0.0534. The van der Waals surface area contributed by atoms with Crippen molar-refractivity contribution in [3.05, 3.63) is 36.0 Å². The topological polar surface area (TPSA) is 326 Å². The minimum Gasteiger partial charge on any atom is -0.481 e. The van der Waals surface area contributed by atoms with Crippen LogP contribution in [0.3, 0.4) is 0 Å². The number of benzene rings is 1. The summed E-state index contributed by atoms with van der Waals surface area (Å²) in [7, 11) is 2.45. The number of carboxylic acids is 1. The second kappa shape index (κ2) is 21.7. The van der Waals surface area contributed by atoms with Gasteiger partial charge in [-0.15, -0.1) is 0 Å². The summed E-state index contributed by atoms with van der Waals surface area (Å²) in [5.41, 5.74) is 17.8. The number of fused-ring (bicyclic) bond motifs is 2. The van der Waals surface area contributed by atoms with E-state index >= 15 is 0 Å². The first-order valence-electron chi connectivity index (χ1n) is 18.4. The number of aromatic amines is 1. The van der Waals surface area contributed by atoms with Gasteiger partial charge in [0.2, 0.25) is 41.4 Å². The van der Waals surface area contributed by atoms with Crippen molar-refractivity contribution in [2.24, 2.45) is 22.2 Å². The number of primary amides is 1. The van der Waals surface area contributed by atoms with Gasteiger partial charge in [0.25, 0.3) is 0 Å². The molecule has 2 aromatic rings. The molecule has 3 heterocycles. The summed E-state index contributed by atoms with van der Waals surface area (Å²) in [6.07, 6.45) is 2.48. The summed E-state index contributed by atoms with van der Waals surface area (Å²) in [5.74, 6) is -6.35. The van der Waals surface area contributed by atoms with Crippen LogP contribution in [0.5, 0.6) is 0 Å². The molecular formula is C35H49N11O9S2. The summed E-state index contributed by atoms with van der Waals surface area (Å²) >= 11 is 0. The molecule has 2 unspecified atom stereocenters. The van der Waals surface area contributed by atoms with E-state index in [0.717, 1.165) is 10.9 Å². The smallest absolute Gasteiger partial charge is 0.305 e. The summed E-state index contributed by atoms with van der Waals surface area (Å²) in [6, 6.07) is 1.07. The van der Waals surface area contributed by atoms with Crippen molar-refractivity contribution in [1.29, 1.82) is 0 Å². The largest absolute Gasteiger partial charge is 0.481 e. The third kappa shape index (κ3) is 13.6. The Bertz CT molecular complexity index is 1840. The summed E-state index contributed by atoms with van der Waals surface area (Å²) in [6.45, 7) is -0.233. The van der Waals surface area contributed by atoms with E-state index in [9.17, 15) is 43.5 Å². The van der Waals surface area contributed by atoms with Gasteiger partial charge < -0.3 is 58.8 Å². The second-order valence-electron chi connectivity index (χ2n) is 13.5. The van der Waals surface area contributed by atoms with Crippen molar-refractivity contribution < 1.29 is 43.5 Å². The molecule has 0 radical (unpaired) electrons. The van der Waals surface area contributed by atoms with Crippen molar-refractivity contribution in [1.82, 2.24) is 36.5 Å². The number of carbonyl (C=O) groups excluding carboxylic acids is 7. The fourth-order valence-electron chi connectivity index (χ4n) is 6.39. The molecule has 13 N–H and O–H groups in total. The summed E-state index contributed by atoms with van der Waals surface area (Å²) in [5, 5.41) is 23.1. The Morgan fingerprint density at radius 2 is 1.63 bits per heavy atom. The Kier molecular flexibility index (Phi) is 16.8. The second-order valence-corrected chi connectivity index (χ2v) is 16.1. The Morgan fingerprint density at radius 1 is 0.877 bits per heavy atom. The number of amides is 7. The lowest BCUT2D eigenvalue weighted by Crippen LogP contribution is -2.59. The average Bonchev–Trinajstić information content (AvgIpc) is 3.82. The molecule has 20 nitrogen and oxygen atoms in total. The van der Waals surface area contributed by atoms with Crippen LogP contribution in [0.2, 0.25) is 0 Å². The van der Waals surface area contributed by atoms with Crippen LogP contribution >= 0.6 is 21.6 Å². The van der Waals surface area contributed by atoms with Crippen molar-refractivity contribution in [3.63, 3.8) is 0 Å². The highest BCUT2D eigenvalue weighted by atomic mass is 33.1. The van der Waals surface area contributed by atoms with Gasteiger partial charge in [0.15, 0.2) is 5.96 Å². The van der Waals surface area contributed by atoms with Crippen molar-refractivity contribution >= 4 is 85.8 Å². The average molecular weight is 832 g/mol. The molecule has 4 rings (SSSR count). The van der Waals surface area contributed by atoms with Crippen LogP contribution in [0.4, 0.5) is 0 Å². The Morgan fingerprint density at radius 3 is 2.37 bits per heavy atom. The van der Waals surface area contributed by atoms with Crippen molar-refractivity contribution in [2.45, 2.75) is 81.6 Å². The molecule has 0 aliphatic carbocycles. The van der Waals surface area contributed by atoms with Crippen molar-refractivity contribution in [3.8, 4) is 0 Å². The lowest BCUT2D eigenvalue weighted by Gasteiger charge is -2.30. The molecular weight excluding hydrogens is 783 g/mol. The minimum absolute atomic E-state index is 0.0195. The number of carbonyl (C=O) groups is 8. The number of para-hydroxylation sites is 1. The molecule has 22 heteroatoms. The summed E-state index contributed by atoms with van der Waals surface area (Å²) in [4.78, 5) is 114. The number of aliphatic carboxylic acids is 1. The third-order valence-electron chi connectivity index (χ3n) is 9.24. The van der Waals surface area contributed by atoms with E-state index in [2.05, 4.69) is 36.6 Å². The lowest BCUT2D eigenvalue weighted by atomic mass is 10.0. The van der Waals surface area contributed by atoms with Gasteiger partial charge in [0.1, 0.15) is 30.2 Å². The normalized spacial score (nSPS) is 23.6. The number of aromatic nitrogens is 1. The van der Waals surface area contributed by atoms with Crippen LogP contribution in [0, 0.1) is 0 Å². The highest BCUT2D eigenvalue weighted by Crippen LogP contribution is 2.25. The van der Waals surface area contributed by atoms with Crippen LogP contribution in [0.25, 0.3) is 10.9 Å². The first-order chi connectivity index (χ1) is 27.2. The standard InChI is InChI=1S/C35H49N11O9S2/c36-30(51)25-18-57-56-13-10-27(47)42-22(8-3-4-11-39-35(37)38)31(52)41-17-28(48)43-23(15-29(49)50)32(53)44-24(14-19-16-40-21-7-2-1-6-20(19)21)34(55)46-12-5-9-26(46)33(54)45-25/h1-2,6-7,16,22-26,40H,3-5,8-15,17-18H2,(H2,36,51)(H,41,52)(H,42,47)(H,43,48)(H,44,53)(H,45,54)(H,49,50)(H4,37,38,39)/t22?,23?,24-,25-,26-/m0/s1. The molecule has 0 spiro atoms. The molecule has 1 aromatic heterocycles. The molecule has 1 aromatic carbocycles. The number of hydrogen-bond acceptors (Lipinski definition) is 11. The zero-order valence-electron chi connectivity index (χ0n) is 31.1. The molecule has 7 amide bonds. The highest BCUT2D eigenvalue weighted by Gasteiger charge is 2.40. The number of aliphatic imine (C=N–C) groups is 1. The van der Waals surface area contributed by atoms with Gasteiger partial charge in [0.05, 0.1) is 13.0 Å². The molecule has 310 valence electrons. The van der Waals surface area contributed by atoms with E-state index in [1.165, 1.54) is 26.5 Å². The predicted molar refractivity (Wildman–Crippen MR) is 213 cm³/mol.